The molecule has 0 aromatic heterocycles. The first-order valence-corrected chi connectivity index (χ1v) is 10.6. The van der Waals surface area contributed by atoms with Crippen LogP contribution in [0.5, 0.6) is 0 Å². The van der Waals surface area contributed by atoms with Gasteiger partial charge in [-0.25, -0.2) is 4.79 Å². The molecular formula is C20H29N3O3S. The van der Waals surface area contributed by atoms with Crippen molar-refractivity contribution in [3.8, 4) is 0 Å². The second-order valence-corrected chi connectivity index (χ2v) is 9.03. The zero-order valence-electron chi connectivity index (χ0n) is 16.4. The molecule has 2 fully saturated rings. The number of amides is 2. The van der Waals surface area contributed by atoms with Crippen LogP contribution in [-0.4, -0.2) is 54.4 Å². The SMILES string of the molecule is CC(C)(C)OC(=O)NCCN1C(=O)CSC1c1ccc(N2CCCC2)cc1. The Morgan fingerprint density at radius 2 is 1.89 bits per heavy atom. The van der Waals surface area contributed by atoms with E-state index < -0.39 is 11.7 Å². The van der Waals surface area contributed by atoms with Gasteiger partial charge < -0.3 is 19.9 Å². The molecule has 2 aliphatic rings. The van der Waals surface area contributed by atoms with Gasteiger partial charge in [0.2, 0.25) is 5.91 Å². The number of nitrogens with one attached hydrogen (secondary N) is 1. The van der Waals surface area contributed by atoms with Crippen molar-refractivity contribution in [3.63, 3.8) is 0 Å². The average Bonchev–Trinajstić information content (AvgIpc) is 3.24. The lowest BCUT2D eigenvalue weighted by Crippen LogP contribution is -2.39. The molecule has 7 heteroatoms. The third-order valence-corrected chi connectivity index (χ3v) is 5.89. The van der Waals surface area contributed by atoms with Gasteiger partial charge >= 0.3 is 6.09 Å². The summed E-state index contributed by atoms with van der Waals surface area (Å²) in [5, 5.41) is 2.74. The number of rotatable bonds is 5. The Labute approximate surface area is 165 Å². The number of nitrogens with zero attached hydrogens (tertiary/aromatic N) is 2. The van der Waals surface area contributed by atoms with Gasteiger partial charge in [0.1, 0.15) is 11.0 Å². The predicted molar refractivity (Wildman–Crippen MR) is 109 cm³/mol. The highest BCUT2D eigenvalue weighted by molar-refractivity contribution is 8.00. The highest BCUT2D eigenvalue weighted by Crippen LogP contribution is 2.38. The van der Waals surface area contributed by atoms with Crippen LogP contribution in [-0.2, 0) is 9.53 Å². The molecule has 3 rings (SSSR count). The van der Waals surface area contributed by atoms with Crippen LogP contribution in [0, 0.1) is 0 Å². The molecule has 1 aromatic rings. The van der Waals surface area contributed by atoms with E-state index >= 15 is 0 Å². The van der Waals surface area contributed by atoms with Gasteiger partial charge in [0, 0.05) is 31.9 Å². The number of carbonyl (C=O) groups is 2. The van der Waals surface area contributed by atoms with Crippen LogP contribution in [0.3, 0.4) is 0 Å². The Morgan fingerprint density at radius 3 is 2.52 bits per heavy atom. The zero-order valence-corrected chi connectivity index (χ0v) is 17.2. The van der Waals surface area contributed by atoms with E-state index in [9.17, 15) is 9.59 Å². The largest absolute Gasteiger partial charge is 0.444 e. The molecule has 2 saturated heterocycles. The van der Waals surface area contributed by atoms with Crippen LogP contribution < -0.4 is 10.2 Å². The fourth-order valence-corrected chi connectivity index (χ4v) is 4.61. The molecule has 1 aromatic carbocycles. The molecule has 0 aliphatic carbocycles. The smallest absolute Gasteiger partial charge is 0.407 e. The molecule has 6 nitrogen and oxygen atoms in total. The van der Waals surface area contributed by atoms with Gasteiger partial charge in [-0.15, -0.1) is 11.8 Å². The lowest BCUT2D eigenvalue weighted by Gasteiger charge is -2.26. The van der Waals surface area contributed by atoms with Crippen molar-refractivity contribution in [2.45, 2.75) is 44.6 Å². The summed E-state index contributed by atoms with van der Waals surface area (Å²) in [6.45, 7) is 8.59. The highest BCUT2D eigenvalue weighted by Gasteiger charge is 2.32. The number of benzene rings is 1. The van der Waals surface area contributed by atoms with Crippen molar-refractivity contribution in [1.29, 1.82) is 0 Å². The summed E-state index contributed by atoms with van der Waals surface area (Å²) >= 11 is 1.64. The molecule has 2 aliphatic heterocycles. The maximum atomic E-state index is 12.3. The Bertz CT molecular complexity index is 666. The van der Waals surface area contributed by atoms with Crippen LogP contribution in [0.4, 0.5) is 10.5 Å². The first-order chi connectivity index (χ1) is 12.8. The van der Waals surface area contributed by atoms with Crippen LogP contribution in [0.25, 0.3) is 0 Å². The highest BCUT2D eigenvalue weighted by atomic mass is 32.2. The minimum Gasteiger partial charge on any atom is -0.444 e. The molecular weight excluding hydrogens is 362 g/mol. The fourth-order valence-electron chi connectivity index (χ4n) is 3.39. The van der Waals surface area contributed by atoms with Gasteiger partial charge in [-0.1, -0.05) is 12.1 Å². The molecule has 0 radical (unpaired) electrons. The zero-order chi connectivity index (χ0) is 19.4. The van der Waals surface area contributed by atoms with Gasteiger partial charge in [-0.3, -0.25) is 4.79 Å². The van der Waals surface area contributed by atoms with E-state index in [1.165, 1.54) is 18.5 Å². The molecule has 2 heterocycles. The molecule has 2 amide bonds. The number of hydrogen-bond donors (Lipinski definition) is 1. The number of thioether (sulfide) groups is 1. The number of alkyl carbamates (subject to hydrolysis) is 1. The van der Waals surface area contributed by atoms with E-state index in [1.54, 1.807) is 11.8 Å². The van der Waals surface area contributed by atoms with Gasteiger partial charge in [0.15, 0.2) is 0 Å². The number of carbonyl (C=O) groups excluding carboxylic acids is 2. The lowest BCUT2D eigenvalue weighted by molar-refractivity contribution is -0.128. The molecule has 1 N–H and O–H groups in total. The molecule has 0 bridgehead atoms. The standard InChI is InChI=1S/C20H29N3O3S/c1-20(2,3)26-19(25)21-10-13-23-17(24)14-27-18(23)15-6-8-16(9-7-15)22-11-4-5-12-22/h6-9,18H,4-5,10-14H2,1-3H3,(H,21,25). The van der Waals surface area contributed by atoms with Crippen LogP contribution in [0.1, 0.15) is 44.6 Å². The normalized spacial score (nSPS) is 20.3. The van der Waals surface area contributed by atoms with Crippen molar-refractivity contribution >= 4 is 29.4 Å². The van der Waals surface area contributed by atoms with Crippen LogP contribution in [0.15, 0.2) is 24.3 Å². The Morgan fingerprint density at radius 1 is 1.22 bits per heavy atom. The number of hydrogen-bond acceptors (Lipinski definition) is 5. The molecule has 0 spiro atoms. The van der Waals surface area contributed by atoms with Crippen molar-refractivity contribution in [2.75, 3.05) is 36.8 Å². The van der Waals surface area contributed by atoms with Gasteiger partial charge in [0.05, 0.1) is 5.75 Å². The van der Waals surface area contributed by atoms with Crippen LogP contribution >= 0.6 is 11.8 Å². The van der Waals surface area contributed by atoms with Crippen molar-refractivity contribution in [1.82, 2.24) is 10.2 Å². The third-order valence-electron chi connectivity index (χ3n) is 4.64. The van der Waals surface area contributed by atoms with E-state index in [1.807, 2.05) is 25.7 Å². The van der Waals surface area contributed by atoms with Crippen molar-refractivity contribution in [3.05, 3.63) is 29.8 Å². The minimum absolute atomic E-state index is 0.00515. The first-order valence-electron chi connectivity index (χ1n) is 9.56. The fraction of sp³-hybridized carbons (Fsp3) is 0.600. The van der Waals surface area contributed by atoms with E-state index in [0.29, 0.717) is 18.8 Å². The second kappa shape index (κ2) is 8.42. The van der Waals surface area contributed by atoms with Gasteiger partial charge in [-0.05, 0) is 51.3 Å². The van der Waals surface area contributed by atoms with E-state index in [4.69, 9.17) is 4.74 Å². The minimum atomic E-state index is -0.525. The Balaban J connectivity index is 1.56. The van der Waals surface area contributed by atoms with E-state index in [-0.39, 0.29) is 11.3 Å². The molecule has 27 heavy (non-hydrogen) atoms. The van der Waals surface area contributed by atoms with Crippen LogP contribution in [0.2, 0.25) is 0 Å². The lowest BCUT2D eigenvalue weighted by atomic mass is 10.1. The molecule has 148 valence electrons. The van der Waals surface area contributed by atoms with E-state index in [0.717, 1.165) is 18.7 Å². The van der Waals surface area contributed by atoms with Gasteiger partial charge in [0.25, 0.3) is 0 Å². The number of ether oxygens (including phenoxy) is 1. The molecule has 1 atom stereocenters. The van der Waals surface area contributed by atoms with Crippen molar-refractivity contribution < 1.29 is 14.3 Å². The maximum absolute atomic E-state index is 12.3. The van der Waals surface area contributed by atoms with E-state index in [2.05, 4.69) is 34.5 Å². The van der Waals surface area contributed by atoms with Gasteiger partial charge in [-0.2, -0.15) is 0 Å². The summed E-state index contributed by atoms with van der Waals surface area (Å²) in [6.07, 6.45) is 2.06. The molecule has 1 unspecified atom stereocenters. The predicted octanol–water partition coefficient (Wildman–Crippen LogP) is 3.39. The quantitative estimate of drug-likeness (QED) is 0.834. The monoisotopic (exact) mass is 391 g/mol. The van der Waals surface area contributed by atoms with Crippen molar-refractivity contribution in [2.24, 2.45) is 0 Å². The summed E-state index contributed by atoms with van der Waals surface area (Å²) in [5.74, 6) is 0.588. The first kappa shape index (κ1) is 19.9. The average molecular weight is 392 g/mol. The molecule has 0 saturated carbocycles. The summed E-state index contributed by atoms with van der Waals surface area (Å²) in [7, 11) is 0. The third kappa shape index (κ3) is 5.31. The second-order valence-electron chi connectivity index (χ2n) is 7.96. The Kier molecular flexibility index (Phi) is 6.19. The summed E-state index contributed by atoms with van der Waals surface area (Å²) in [5.41, 5.74) is 1.86. The topological polar surface area (TPSA) is 61.9 Å². The number of anilines is 1. The summed E-state index contributed by atoms with van der Waals surface area (Å²) < 4.78 is 5.24. The maximum Gasteiger partial charge on any atom is 0.407 e. The summed E-state index contributed by atoms with van der Waals surface area (Å²) in [6, 6.07) is 8.55. The summed E-state index contributed by atoms with van der Waals surface area (Å²) in [4.78, 5) is 28.3. The Hall–Kier alpha value is -1.89.